The first-order chi connectivity index (χ1) is 7.74. The lowest BCUT2D eigenvalue weighted by Gasteiger charge is -2.01. The molecule has 2 aromatic heterocycles. The molecule has 2 aromatic rings. The summed E-state index contributed by atoms with van der Waals surface area (Å²) in [5.74, 6) is -0.0126. The first kappa shape index (κ1) is 9.39. The highest BCUT2D eigenvalue weighted by atomic mass is 16.1. The number of carbonyl (C=O) groups excluding carboxylic acids is 1. The molecule has 0 atom stereocenters. The van der Waals surface area contributed by atoms with Crippen LogP contribution in [0.5, 0.6) is 0 Å². The molecule has 0 aromatic carbocycles. The van der Waals surface area contributed by atoms with Gasteiger partial charge < -0.3 is 5.32 Å². The molecular formula is C12H13N3O. The van der Waals surface area contributed by atoms with Crippen molar-refractivity contribution in [3.8, 4) is 0 Å². The quantitative estimate of drug-likeness (QED) is 0.825. The van der Waals surface area contributed by atoms with E-state index in [4.69, 9.17) is 0 Å². The van der Waals surface area contributed by atoms with E-state index >= 15 is 0 Å². The minimum Gasteiger partial charge on any atom is -0.349 e. The van der Waals surface area contributed by atoms with Crippen molar-refractivity contribution in [3.63, 3.8) is 0 Å². The first-order valence-corrected chi connectivity index (χ1v) is 5.49. The van der Waals surface area contributed by atoms with E-state index < -0.39 is 0 Å². The fourth-order valence-corrected chi connectivity index (χ4v) is 1.75. The Morgan fingerprint density at radius 2 is 2.31 bits per heavy atom. The van der Waals surface area contributed by atoms with Gasteiger partial charge in [-0.05, 0) is 31.4 Å². The number of aryl methyl sites for hydroxylation is 1. The van der Waals surface area contributed by atoms with E-state index in [1.807, 2.05) is 25.3 Å². The van der Waals surface area contributed by atoms with Crippen LogP contribution in [0.15, 0.2) is 24.5 Å². The predicted molar refractivity (Wildman–Crippen MR) is 60.4 cm³/mol. The highest BCUT2D eigenvalue weighted by Gasteiger charge is 2.25. The van der Waals surface area contributed by atoms with E-state index in [2.05, 4.69) is 10.4 Å². The van der Waals surface area contributed by atoms with Crippen molar-refractivity contribution >= 4 is 11.4 Å². The van der Waals surface area contributed by atoms with E-state index in [1.165, 1.54) is 0 Å². The molecule has 0 unspecified atom stereocenters. The minimum absolute atomic E-state index is 0.0126. The van der Waals surface area contributed by atoms with E-state index in [-0.39, 0.29) is 5.91 Å². The standard InChI is InChI=1S/C12H13N3O/c1-8-2-5-11-10(6-13-15(11)7-8)12(16)14-9-3-4-9/h2,5-7,9H,3-4H2,1H3,(H,14,16). The number of fused-ring (bicyclic) bond motifs is 1. The fourth-order valence-electron chi connectivity index (χ4n) is 1.75. The van der Waals surface area contributed by atoms with Crippen LogP contribution in [0, 0.1) is 6.92 Å². The van der Waals surface area contributed by atoms with Crippen molar-refractivity contribution in [2.24, 2.45) is 0 Å². The number of rotatable bonds is 2. The van der Waals surface area contributed by atoms with Crippen LogP contribution in [0.2, 0.25) is 0 Å². The third kappa shape index (κ3) is 1.56. The topological polar surface area (TPSA) is 46.4 Å². The molecule has 82 valence electrons. The molecule has 4 nitrogen and oxygen atoms in total. The molecule has 3 rings (SSSR count). The second-order valence-corrected chi connectivity index (χ2v) is 4.34. The Labute approximate surface area is 93.3 Å². The molecule has 1 saturated carbocycles. The van der Waals surface area contributed by atoms with Crippen molar-refractivity contribution in [3.05, 3.63) is 35.7 Å². The Morgan fingerprint density at radius 3 is 3.06 bits per heavy atom. The summed E-state index contributed by atoms with van der Waals surface area (Å²) in [5.41, 5.74) is 2.65. The summed E-state index contributed by atoms with van der Waals surface area (Å²) < 4.78 is 1.75. The van der Waals surface area contributed by atoms with Crippen LogP contribution < -0.4 is 5.32 Å². The molecular weight excluding hydrogens is 202 g/mol. The maximum Gasteiger partial charge on any atom is 0.255 e. The summed E-state index contributed by atoms with van der Waals surface area (Å²) in [7, 11) is 0. The van der Waals surface area contributed by atoms with Gasteiger partial charge in [0.15, 0.2) is 0 Å². The summed E-state index contributed by atoms with van der Waals surface area (Å²) in [6, 6.07) is 4.31. The number of carbonyl (C=O) groups is 1. The lowest BCUT2D eigenvalue weighted by atomic mass is 10.2. The van der Waals surface area contributed by atoms with Gasteiger partial charge in [-0.1, -0.05) is 6.07 Å². The summed E-state index contributed by atoms with van der Waals surface area (Å²) in [5, 5.41) is 7.15. The van der Waals surface area contributed by atoms with Crippen molar-refractivity contribution in [2.75, 3.05) is 0 Å². The number of aromatic nitrogens is 2. The van der Waals surface area contributed by atoms with Crippen LogP contribution in [0.25, 0.3) is 5.52 Å². The van der Waals surface area contributed by atoms with Crippen molar-refractivity contribution < 1.29 is 4.79 Å². The molecule has 0 radical (unpaired) electrons. The largest absolute Gasteiger partial charge is 0.349 e. The van der Waals surface area contributed by atoms with Crippen LogP contribution in [0.4, 0.5) is 0 Å². The van der Waals surface area contributed by atoms with Crippen LogP contribution in [0.1, 0.15) is 28.8 Å². The number of hydrogen-bond acceptors (Lipinski definition) is 2. The van der Waals surface area contributed by atoms with Gasteiger partial charge in [0.1, 0.15) is 0 Å². The molecule has 0 aliphatic heterocycles. The summed E-state index contributed by atoms with van der Waals surface area (Å²) in [4.78, 5) is 11.9. The summed E-state index contributed by atoms with van der Waals surface area (Å²) in [6.07, 6.45) is 5.75. The number of pyridine rings is 1. The van der Waals surface area contributed by atoms with E-state index in [1.54, 1.807) is 10.7 Å². The normalized spacial score (nSPS) is 15.3. The van der Waals surface area contributed by atoms with Crippen LogP contribution in [-0.2, 0) is 0 Å². The summed E-state index contributed by atoms with van der Waals surface area (Å²) in [6.45, 7) is 2.01. The van der Waals surface area contributed by atoms with Gasteiger partial charge in [0.25, 0.3) is 5.91 Å². The zero-order valence-electron chi connectivity index (χ0n) is 9.10. The highest BCUT2D eigenvalue weighted by Crippen LogP contribution is 2.20. The van der Waals surface area contributed by atoms with Gasteiger partial charge in [-0.2, -0.15) is 5.10 Å². The molecule has 1 aliphatic rings. The maximum atomic E-state index is 11.9. The lowest BCUT2D eigenvalue weighted by Crippen LogP contribution is -2.25. The number of nitrogens with zero attached hydrogens (tertiary/aromatic N) is 2. The Kier molecular flexibility index (Phi) is 1.96. The Hall–Kier alpha value is -1.84. The van der Waals surface area contributed by atoms with Gasteiger partial charge in [0.2, 0.25) is 0 Å². The second-order valence-electron chi connectivity index (χ2n) is 4.34. The van der Waals surface area contributed by atoms with Crippen LogP contribution in [0.3, 0.4) is 0 Å². The molecule has 2 heterocycles. The zero-order chi connectivity index (χ0) is 11.1. The SMILES string of the molecule is Cc1ccc2c(C(=O)NC3CC3)cnn2c1. The average molecular weight is 215 g/mol. The molecule has 0 spiro atoms. The maximum absolute atomic E-state index is 11.9. The van der Waals surface area contributed by atoms with E-state index in [0.29, 0.717) is 11.6 Å². The molecule has 0 saturated heterocycles. The predicted octanol–water partition coefficient (Wildman–Crippen LogP) is 1.53. The Bertz CT molecular complexity index is 554. The molecule has 0 bridgehead atoms. The zero-order valence-corrected chi connectivity index (χ0v) is 9.10. The molecule has 1 aliphatic carbocycles. The van der Waals surface area contributed by atoms with Gasteiger partial charge in [-0.25, -0.2) is 4.52 Å². The van der Waals surface area contributed by atoms with Gasteiger partial charge >= 0.3 is 0 Å². The summed E-state index contributed by atoms with van der Waals surface area (Å²) >= 11 is 0. The average Bonchev–Trinajstić information content (AvgIpc) is 2.96. The molecule has 1 amide bonds. The van der Waals surface area contributed by atoms with Crippen molar-refractivity contribution in [1.29, 1.82) is 0 Å². The lowest BCUT2D eigenvalue weighted by molar-refractivity contribution is 0.0952. The number of amides is 1. The van der Waals surface area contributed by atoms with E-state index in [9.17, 15) is 4.79 Å². The third-order valence-corrected chi connectivity index (χ3v) is 2.82. The van der Waals surface area contributed by atoms with Crippen LogP contribution >= 0.6 is 0 Å². The molecule has 16 heavy (non-hydrogen) atoms. The van der Waals surface area contributed by atoms with Gasteiger partial charge in [0.05, 0.1) is 17.3 Å². The third-order valence-electron chi connectivity index (χ3n) is 2.82. The van der Waals surface area contributed by atoms with Gasteiger partial charge in [-0.3, -0.25) is 4.79 Å². The second kappa shape index (κ2) is 3.33. The molecule has 4 heteroatoms. The van der Waals surface area contributed by atoms with Crippen molar-refractivity contribution in [2.45, 2.75) is 25.8 Å². The Morgan fingerprint density at radius 1 is 1.50 bits per heavy atom. The van der Waals surface area contributed by atoms with Gasteiger partial charge in [-0.15, -0.1) is 0 Å². The molecule has 1 N–H and O–H groups in total. The smallest absolute Gasteiger partial charge is 0.255 e. The minimum atomic E-state index is -0.0126. The highest BCUT2D eigenvalue weighted by molar-refractivity contribution is 6.00. The fraction of sp³-hybridized carbons (Fsp3) is 0.333. The number of hydrogen-bond donors (Lipinski definition) is 1. The molecule has 1 fully saturated rings. The Balaban J connectivity index is 1.99. The monoisotopic (exact) mass is 215 g/mol. The van der Waals surface area contributed by atoms with Gasteiger partial charge in [0, 0.05) is 12.2 Å². The number of nitrogens with one attached hydrogen (secondary N) is 1. The first-order valence-electron chi connectivity index (χ1n) is 5.49. The van der Waals surface area contributed by atoms with Crippen LogP contribution in [-0.4, -0.2) is 21.6 Å². The van der Waals surface area contributed by atoms with Crippen molar-refractivity contribution in [1.82, 2.24) is 14.9 Å². The van der Waals surface area contributed by atoms with E-state index in [0.717, 1.165) is 23.9 Å².